The van der Waals surface area contributed by atoms with Gasteiger partial charge in [0.1, 0.15) is 0 Å². The van der Waals surface area contributed by atoms with E-state index in [4.69, 9.17) is 16.9 Å². The molecule has 1 rings (SSSR count). The summed E-state index contributed by atoms with van der Waals surface area (Å²) < 4.78 is 41.8. The Kier molecular flexibility index (Phi) is 5.17. The molecule has 0 spiro atoms. The van der Waals surface area contributed by atoms with Gasteiger partial charge in [-0.15, -0.1) is 0 Å². The molecule has 0 unspecified atom stereocenters. The minimum Gasteiger partial charge on any atom is -0.469 e. The number of allylic oxidation sites excluding steroid dienone is 1. The van der Waals surface area contributed by atoms with Crippen LogP contribution in [0.25, 0.3) is 5.57 Å². The number of halogens is 4. The van der Waals surface area contributed by atoms with Gasteiger partial charge in [-0.25, -0.2) is 0 Å². The van der Waals surface area contributed by atoms with Gasteiger partial charge in [0.2, 0.25) is 0 Å². The van der Waals surface area contributed by atoms with E-state index in [1.807, 2.05) is 0 Å². The molecule has 0 aliphatic heterocycles. The number of nitriles is 1. The van der Waals surface area contributed by atoms with Gasteiger partial charge >= 0.3 is 12.1 Å². The van der Waals surface area contributed by atoms with Crippen LogP contribution in [-0.4, -0.2) is 13.1 Å². The molecule has 7 heteroatoms. The van der Waals surface area contributed by atoms with Crippen molar-refractivity contribution in [2.24, 2.45) is 0 Å². The minimum absolute atomic E-state index is 0.00845. The van der Waals surface area contributed by atoms with E-state index in [2.05, 4.69) is 4.74 Å². The second-order valence-corrected chi connectivity index (χ2v) is 4.11. The lowest BCUT2D eigenvalue weighted by Crippen LogP contribution is -2.05. The molecule has 3 nitrogen and oxygen atoms in total. The first kappa shape index (κ1) is 16.1. The maximum absolute atomic E-state index is 12.5. The van der Waals surface area contributed by atoms with Crippen LogP contribution in [0.5, 0.6) is 0 Å². The predicted molar refractivity (Wildman–Crippen MR) is 66.7 cm³/mol. The van der Waals surface area contributed by atoms with Crippen molar-refractivity contribution in [1.29, 1.82) is 5.26 Å². The molecule has 0 bridgehead atoms. The number of carbonyl (C=O) groups excluding carboxylic acids is 1. The fourth-order valence-corrected chi connectivity index (χ4v) is 1.68. The molecular formula is C13H9ClF3NO2. The zero-order valence-corrected chi connectivity index (χ0v) is 11.0. The van der Waals surface area contributed by atoms with Crippen molar-refractivity contribution >= 4 is 23.1 Å². The molecule has 20 heavy (non-hydrogen) atoms. The van der Waals surface area contributed by atoms with Gasteiger partial charge in [-0.1, -0.05) is 23.7 Å². The first-order valence-corrected chi connectivity index (χ1v) is 5.71. The molecular weight excluding hydrogens is 295 g/mol. The minimum atomic E-state index is -4.51. The first-order valence-electron chi connectivity index (χ1n) is 5.33. The molecule has 0 atom stereocenters. The molecule has 0 saturated heterocycles. The fraction of sp³-hybridized carbons (Fsp3) is 0.231. The average molecular weight is 304 g/mol. The molecule has 0 heterocycles. The summed E-state index contributed by atoms with van der Waals surface area (Å²) in [6, 6.07) is 4.44. The highest BCUT2D eigenvalue weighted by molar-refractivity contribution is 6.32. The molecule has 1 aromatic rings. The number of methoxy groups -OCH3 is 1. The number of nitrogens with zero attached hydrogens (tertiary/aromatic N) is 1. The fourth-order valence-electron chi connectivity index (χ4n) is 1.39. The molecule has 106 valence electrons. The van der Waals surface area contributed by atoms with Crippen LogP contribution in [-0.2, 0) is 15.7 Å². The summed E-state index contributed by atoms with van der Waals surface area (Å²) in [7, 11) is 1.19. The van der Waals surface area contributed by atoms with E-state index < -0.39 is 17.7 Å². The third-order valence-electron chi connectivity index (χ3n) is 2.41. The smallest absolute Gasteiger partial charge is 0.416 e. The highest BCUT2D eigenvalue weighted by Gasteiger charge is 2.31. The Balaban J connectivity index is 3.13. The zero-order chi connectivity index (χ0) is 15.3. The van der Waals surface area contributed by atoms with Crippen molar-refractivity contribution < 1.29 is 22.7 Å². The van der Waals surface area contributed by atoms with Crippen molar-refractivity contribution in [1.82, 2.24) is 0 Å². The summed E-state index contributed by atoms with van der Waals surface area (Å²) in [5.41, 5.74) is -0.767. The third-order valence-corrected chi connectivity index (χ3v) is 2.72. The molecule has 0 fully saturated rings. The Morgan fingerprint density at radius 3 is 2.60 bits per heavy atom. The van der Waals surface area contributed by atoms with Crippen LogP contribution in [0.2, 0.25) is 5.02 Å². The standard InChI is InChI=1S/C13H9ClF3NO2/c1-20-12(19)5-2-8(7-18)10-4-3-9(6-11(10)14)13(15,16)17/h2-4,6H,5H2,1H3/b8-2+. The van der Waals surface area contributed by atoms with E-state index in [1.54, 1.807) is 6.07 Å². The van der Waals surface area contributed by atoms with Crippen LogP contribution >= 0.6 is 11.6 Å². The predicted octanol–water partition coefficient (Wildman–Crippen LogP) is 3.83. The molecule has 0 amide bonds. The van der Waals surface area contributed by atoms with Gasteiger partial charge in [-0.05, 0) is 12.1 Å². The highest BCUT2D eigenvalue weighted by Crippen LogP contribution is 2.33. The lowest BCUT2D eigenvalue weighted by Gasteiger charge is -2.09. The van der Waals surface area contributed by atoms with Crippen molar-refractivity contribution in [2.75, 3.05) is 7.11 Å². The van der Waals surface area contributed by atoms with Crippen LogP contribution in [0, 0.1) is 11.3 Å². The van der Waals surface area contributed by atoms with Crippen LogP contribution in [0.1, 0.15) is 17.5 Å². The van der Waals surface area contributed by atoms with Gasteiger partial charge in [-0.2, -0.15) is 18.4 Å². The van der Waals surface area contributed by atoms with Gasteiger partial charge in [0.05, 0.1) is 30.7 Å². The Bertz CT molecular complexity index is 588. The van der Waals surface area contributed by atoms with Crippen molar-refractivity contribution in [3.63, 3.8) is 0 Å². The van der Waals surface area contributed by atoms with E-state index in [0.717, 1.165) is 18.2 Å². The number of esters is 1. The van der Waals surface area contributed by atoms with Crippen LogP contribution in [0.4, 0.5) is 13.2 Å². The maximum atomic E-state index is 12.5. The third kappa shape index (κ3) is 4.00. The Hall–Kier alpha value is -2.00. The molecule has 0 aliphatic rings. The first-order chi connectivity index (χ1) is 9.29. The normalized spacial score (nSPS) is 11.9. The van der Waals surface area contributed by atoms with Gasteiger partial charge in [0.25, 0.3) is 0 Å². The summed E-state index contributed by atoms with van der Waals surface area (Å²) in [5.74, 6) is -0.569. The highest BCUT2D eigenvalue weighted by atomic mass is 35.5. The van der Waals surface area contributed by atoms with Crippen molar-refractivity contribution in [2.45, 2.75) is 12.6 Å². The van der Waals surface area contributed by atoms with Gasteiger partial charge in [0.15, 0.2) is 0 Å². The molecule has 0 N–H and O–H groups in total. The van der Waals surface area contributed by atoms with E-state index in [-0.39, 0.29) is 22.6 Å². The quantitative estimate of drug-likeness (QED) is 0.630. The van der Waals surface area contributed by atoms with E-state index in [1.165, 1.54) is 13.2 Å². The maximum Gasteiger partial charge on any atom is 0.416 e. The van der Waals surface area contributed by atoms with E-state index in [9.17, 15) is 18.0 Å². The summed E-state index contributed by atoms with van der Waals surface area (Å²) in [4.78, 5) is 11.0. The second kappa shape index (κ2) is 6.44. The molecule has 1 aromatic carbocycles. The van der Waals surface area contributed by atoms with E-state index in [0.29, 0.717) is 0 Å². The van der Waals surface area contributed by atoms with Crippen molar-refractivity contribution in [3.05, 3.63) is 40.4 Å². The SMILES string of the molecule is COC(=O)C/C=C(\C#N)c1ccc(C(F)(F)F)cc1Cl. The summed E-state index contributed by atoms with van der Waals surface area (Å²) in [6.45, 7) is 0. The number of ether oxygens (including phenoxy) is 1. The monoisotopic (exact) mass is 303 g/mol. The van der Waals surface area contributed by atoms with Crippen LogP contribution < -0.4 is 0 Å². The number of rotatable bonds is 3. The average Bonchev–Trinajstić information content (AvgIpc) is 2.39. The number of hydrogen-bond acceptors (Lipinski definition) is 3. The molecule has 0 aliphatic carbocycles. The Morgan fingerprint density at radius 2 is 2.15 bits per heavy atom. The molecule has 0 radical (unpaired) electrons. The van der Waals surface area contributed by atoms with Gasteiger partial charge < -0.3 is 4.74 Å². The summed E-state index contributed by atoms with van der Waals surface area (Å²) in [6.07, 6.45) is -3.43. The lowest BCUT2D eigenvalue weighted by molar-refractivity contribution is -0.139. The summed E-state index contributed by atoms with van der Waals surface area (Å²) in [5, 5.41) is 8.76. The number of benzene rings is 1. The molecule has 0 aromatic heterocycles. The second-order valence-electron chi connectivity index (χ2n) is 3.70. The van der Waals surface area contributed by atoms with Crippen molar-refractivity contribution in [3.8, 4) is 6.07 Å². The van der Waals surface area contributed by atoms with Gasteiger partial charge in [-0.3, -0.25) is 4.79 Å². The molecule has 0 saturated carbocycles. The van der Waals surface area contributed by atoms with Crippen LogP contribution in [0.15, 0.2) is 24.3 Å². The van der Waals surface area contributed by atoms with E-state index >= 15 is 0 Å². The van der Waals surface area contributed by atoms with Crippen LogP contribution in [0.3, 0.4) is 0 Å². The number of hydrogen-bond donors (Lipinski definition) is 0. The largest absolute Gasteiger partial charge is 0.469 e. The topological polar surface area (TPSA) is 50.1 Å². The Labute approximate surface area is 118 Å². The number of carbonyl (C=O) groups is 1. The van der Waals surface area contributed by atoms with Gasteiger partial charge in [0, 0.05) is 10.6 Å². The number of alkyl halides is 3. The Morgan fingerprint density at radius 1 is 1.50 bits per heavy atom. The lowest BCUT2D eigenvalue weighted by atomic mass is 10.0. The zero-order valence-electron chi connectivity index (χ0n) is 10.3. The summed E-state index contributed by atoms with van der Waals surface area (Å²) >= 11 is 5.75.